The average Bonchev–Trinajstić information content (AvgIpc) is 2.45. The summed E-state index contributed by atoms with van der Waals surface area (Å²) in [5, 5.41) is 6.09. The van der Waals surface area contributed by atoms with Crippen molar-refractivity contribution in [1.29, 1.82) is 0 Å². The van der Waals surface area contributed by atoms with Crippen LogP contribution in [0.1, 0.15) is 5.69 Å². The van der Waals surface area contributed by atoms with Gasteiger partial charge in [0, 0.05) is 11.1 Å². The maximum atomic E-state index is 11.8. The molecule has 6 nitrogen and oxygen atoms in total. The summed E-state index contributed by atoms with van der Waals surface area (Å²) >= 11 is 0. The van der Waals surface area contributed by atoms with Gasteiger partial charge in [-0.15, -0.1) is 0 Å². The van der Waals surface area contributed by atoms with E-state index in [4.69, 9.17) is 5.73 Å². The number of hydrogen-bond acceptors (Lipinski definition) is 4. The minimum absolute atomic E-state index is 0.113. The largest absolute Gasteiger partial charge is 0.346 e. The van der Waals surface area contributed by atoms with E-state index in [-0.39, 0.29) is 24.9 Å². The van der Waals surface area contributed by atoms with Crippen LogP contribution in [0.3, 0.4) is 0 Å². The highest BCUT2D eigenvalue weighted by Crippen LogP contribution is 2.21. The molecule has 104 valence electrons. The van der Waals surface area contributed by atoms with E-state index in [1.54, 1.807) is 6.07 Å². The molecule has 6 heteroatoms. The van der Waals surface area contributed by atoms with Crippen LogP contribution >= 0.6 is 0 Å². The van der Waals surface area contributed by atoms with Crippen LogP contribution in [0.25, 0.3) is 10.9 Å². The number of aryl methyl sites for hydroxylation is 1. The number of aromatic nitrogens is 1. The van der Waals surface area contributed by atoms with Gasteiger partial charge >= 0.3 is 0 Å². The maximum absolute atomic E-state index is 11.8. The van der Waals surface area contributed by atoms with E-state index < -0.39 is 0 Å². The quantitative estimate of drug-likeness (QED) is 0.757. The number of carbonyl (C=O) groups is 2. The minimum Gasteiger partial charge on any atom is -0.346 e. The molecular formula is C14H16N4O2. The zero-order chi connectivity index (χ0) is 14.5. The Morgan fingerprint density at radius 3 is 2.75 bits per heavy atom. The third kappa shape index (κ3) is 3.30. The molecule has 4 N–H and O–H groups in total. The molecule has 20 heavy (non-hydrogen) atoms. The number of rotatable bonds is 4. The maximum Gasteiger partial charge on any atom is 0.243 e. The van der Waals surface area contributed by atoms with Crippen molar-refractivity contribution < 1.29 is 9.59 Å². The van der Waals surface area contributed by atoms with Crippen LogP contribution < -0.4 is 16.4 Å². The van der Waals surface area contributed by atoms with Crippen molar-refractivity contribution in [2.24, 2.45) is 5.73 Å². The summed E-state index contributed by atoms with van der Waals surface area (Å²) in [4.78, 5) is 27.2. The Morgan fingerprint density at radius 2 is 2.00 bits per heavy atom. The van der Waals surface area contributed by atoms with Gasteiger partial charge in [0.15, 0.2) is 0 Å². The summed E-state index contributed by atoms with van der Waals surface area (Å²) in [7, 11) is 0. The van der Waals surface area contributed by atoms with E-state index in [9.17, 15) is 9.59 Å². The van der Waals surface area contributed by atoms with Crippen molar-refractivity contribution in [3.63, 3.8) is 0 Å². The number of hydrogen-bond donors (Lipinski definition) is 3. The third-order valence-corrected chi connectivity index (χ3v) is 2.77. The fraction of sp³-hybridized carbons (Fsp3) is 0.214. The first-order valence-electron chi connectivity index (χ1n) is 6.23. The number of benzene rings is 1. The summed E-state index contributed by atoms with van der Waals surface area (Å²) < 4.78 is 0. The highest BCUT2D eigenvalue weighted by Gasteiger charge is 2.08. The molecule has 0 fully saturated rings. The smallest absolute Gasteiger partial charge is 0.243 e. The van der Waals surface area contributed by atoms with Crippen LogP contribution in [0.5, 0.6) is 0 Å². The molecule has 0 spiro atoms. The number of anilines is 1. The van der Waals surface area contributed by atoms with Crippen molar-refractivity contribution in [2.45, 2.75) is 6.92 Å². The first kappa shape index (κ1) is 14.0. The molecule has 1 aromatic heterocycles. The number of nitrogens with zero attached hydrogens (tertiary/aromatic N) is 1. The van der Waals surface area contributed by atoms with Crippen molar-refractivity contribution in [1.82, 2.24) is 10.3 Å². The molecule has 1 aromatic carbocycles. The molecule has 0 saturated carbocycles. The Hall–Kier alpha value is -2.47. The lowest BCUT2D eigenvalue weighted by atomic mass is 10.1. The lowest BCUT2D eigenvalue weighted by Crippen LogP contribution is -2.36. The van der Waals surface area contributed by atoms with Gasteiger partial charge in [0.05, 0.1) is 24.3 Å². The van der Waals surface area contributed by atoms with Gasteiger partial charge in [-0.25, -0.2) is 0 Å². The number of fused-ring (bicyclic) bond motifs is 1. The lowest BCUT2D eigenvalue weighted by molar-refractivity contribution is -0.123. The number of para-hydroxylation sites is 1. The third-order valence-electron chi connectivity index (χ3n) is 2.77. The molecule has 0 bridgehead atoms. The molecule has 0 atom stereocenters. The highest BCUT2D eigenvalue weighted by atomic mass is 16.2. The molecule has 0 aliphatic carbocycles. The molecule has 1 heterocycles. The Bertz CT molecular complexity index is 655. The summed E-state index contributed by atoms with van der Waals surface area (Å²) in [5.74, 6) is -0.686. The number of amides is 2. The predicted molar refractivity (Wildman–Crippen MR) is 77.2 cm³/mol. The van der Waals surface area contributed by atoms with Gasteiger partial charge < -0.3 is 16.4 Å². The van der Waals surface area contributed by atoms with Crippen LogP contribution in [-0.4, -0.2) is 29.9 Å². The number of nitrogens with two attached hydrogens (primary N) is 1. The summed E-state index contributed by atoms with van der Waals surface area (Å²) in [5.41, 5.74) is 7.37. The van der Waals surface area contributed by atoms with Crippen LogP contribution in [0.2, 0.25) is 0 Å². The van der Waals surface area contributed by atoms with Crippen LogP contribution in [0.15, 0.2) is 30.3 Å². The van der Waals surface area contributed by atoms with Gasteiger partial charge in [0.2, 0.25) is 11.8 Å². The van der Waals surface area contributed by atoms with Gasteiger partial charge in [-0.05, 0) is 19.1 Å². The standard InChI is InChI=1S/C14H16N4O2/c1-9-5-6-10-3-2-4-11(14(10)17-9)18-13(20)8-16-12(19)7-15/h2-6H,7-8,15H2,1H3,(H,16,19)(H,18,20). The fourth-order valence-electron chi connectivity index (χ4n) is 1.79. The molecular weight excluding hydrogens is 256 g/mol. The lowest BCUT2D eigenvalue weighted by Gasteiger charge is -2.09. The summed E-state index contributed by atoms with van der Waals surface area (Å²) in [6.07, 6.45) is 0. The number of pyridine rings is 1. The van der Waals surface area contributed by atoms with Gasteiger partial charge in [-0.3, -0.25) is 14.6 Å². The second kappa shape index (κ2) is 6.12. The number of carbonyl (C=O) groups excluding carboxylic acids is 2. The minimum atomic E-state index is -0.368. The zero-order valence-electron chi connectivity index (χ0n) is 11.1. The van der Waals surface area contributed by atoms with E-state index in [1.165, 1.54) is 0 Å². The monoisotopic (exact) mass is 272 g/mol. The van der Waals surface area contributed by atoms with Gasteiger partial charge in [0.1, 0.15) is 0 Å². The van der Waals surface area contributed by atoms with Crippen molar-refractivity contribution in [3.8, 4) is 0 Å². The molecule has 0 aliphatic rings. The van der Waals surface area contributed by atoms with Crippen LogP contribution in [0.4, 0.5) is 5.69 Å². The normalized spacial score (nSPS) is 10.3. The van der Waals surface area contributed by atoms with E-state index in [0.29, 0.717) is 5.69 Å². The second-order valence-electron chi connectivity index (χ2n) is 4.36. The Kier molecular flexibility index (Phi) is 4.27. The predicted octanol–water partition coefficient (Wildman–Crippen LogP) is 0.557. The van der Waals surface area contributed by atoms with Crippen LogP contribution in [0, 0.1) is 6.92 Å². The first-order valence-corrected chi connectivity index (χ1v) is 6.23. The number of nitrogens with one attached hydrogen (secondary N) is 2. The topological polar surface area (TPSA) is 97.1 Å². The van der Waals surface area contributed by atoms with Crippen molar-refractivity contribution in [3.05, 3.63) is 36.0 Å². The molecule has 2 rings (SSSR count). The summed E-state index contributed by atoms with van der Waals surface area (Å²) in [6, 6.07) is 9.40. The molecule has 2 amide bonds. The second-order valence-corrected chi connectivity index (χ2v) is 4.36. The van der Waals surface area contributed by atoms with Gasteiger partial charge in [0.25, 0.3) is 0 Å². The molecule has 0 radical (unpaired) electrons. The highest BCUT2D eigenvalue weighted by molar-refractivity contribution is 6.01. The van der Waals surface area contributed by atoms with E-state index >= 15 is 0 Å². The summed E-state index contributed by atoms with van der Waals surface area (Å²) in [6.45, 7) is 1.64. The Morgan fingerprint density at radius 1 is 1.20 bits per heavy atom. The van der Waals surface area contributed by atoms with E-state index in [1.807, 2.05) is 31.2 Å². The van der Waals surface area contributed by atoms with Crippen LogP contribution in [-0.2, 0) is 9.59 Å². The van der Waals surface area contributed by atoms with Crippen molar-refractivity contribution in [2.75, 3.05) is 18.4 Å². The Balaban J connectivity index is 2.15. The molecule has 0 aliphatic heterocycles. The average molecular weight is 272 g/mol. The first-order chi connectivity index (χ1) is 9.60. The molecule has 2 aromatic rings. The zero-order valence-corrected chi connectivity index (χ0v) is 11.1. The SMILES string of the molecule is Cc1ccc2cccc(NC(=O)CNC(=O)CN)c2n1. The van der Waals surface area contributed by atoms with E-state index in [2.05, 4.69) is 15.6 Å². The molecule has 0 saturated heterocycles. The van der Waals surface area contributed by atoms with Gasteiger partial charge in [-0.2, -0.15) is 0 Å². The fourth-order valence-corrected chi connectivity index (χ4v) is 1.79. The van der Waals surface area contributed by atoms with Crippen molar-refractivity contribution >= 4 is 28.4 Å². The Labute approximate surface area is 116 Å². The van der Waals surface area contributed by atoms with Gasteiger partial charge in [-0.1, -0.05) is 18.2 Å². The van der Waals surface area contributed by atoms with E-state index in [0.717, 1.165) is 16.6 Å². The molecule has 0 unspecified atom stereocenters.